The third-order valence-corrected chi connectivity index (χ3v) is 2.64. The summed E-state index contributed by atoms with van der Waals surface area (Å²) >= 11 is 0. The quantitative estimate of drug-likeness (QED) is 0.654. The maximum Gasteiger partial charge on any atom is 0.255 e. The minimum Gasteiger partial charge on any atom is -0.493 e. The van der Waals surface area contributed by atoms with Gasteiger partial charge >= 0.3 is 0 Å². The van der Waals surface area contributed by atoms with Crippen molar-refractivity contribution in [2.75, 3.05) is 19.8 Å². The molecule has 1 aromatic carbocycles. The van der Waals surface area contributed by atoms with E-state index in [1.807, 2.05) is 0 Å². The van der Waals surface area contributed by atoms with Crippen LogP contribution in [0.4, 0.5) is 4.39 Å². The fraction of sp³-hybridized carbons (Fsp3) is 0.500. The molecule has 0 heterocycles. The Morgan fingerprint density at radius 3 is 2.80 bits per heavy atom. The zero-order chi connectivity index (χ0) is 15.2. The maximum atomic E-state index is 13.3. The zero-order valence-electron chi connectivity index (χ0n) is 11.8. The first-order chi connectivity index (χ1) is 9.39. The molecule has 0 aliphatic rings. The van der Waals surface area contributed by atoms with E-state index in [9.17, 15) is 9.18 Å². The molecule has 0 saturated carbocycles. The lowest BCUT2D eigenvalue weighted by atomic mass is 10.1. The Morgan fingerprint density at radius 2 is 2.20 bits per heavy atom. The average Bonchev–Trinajstić information content (AvgIpc) is 2.40. The van der Waals surface area contributed by atoms with E-state index in [0.29, 0.717) is 25.3 Å². The van der Waals surface area contributed by atoms with Crippen LogP contribution < -0.4 is 15.8 Å². The van der Waals surface area contributed by atoms with E-state index in [4.69, 9.17) is 15.6 Å². The van der Waals surface area contributed by atoms with Gasteiger partial charge in [0.2, 0.25) is 0 Å². The molecule has 112 valence electrons. The lowest BCUT2D eigenvalue weighted by molar-refractivity contribution is 0.0864. The highest BCUT2D eigenvalue weighted by atomic mass is 19.1. The largest absolute Gasteiger partial charge is 0.493 e. The van der Waals surface area contributed by atoms with Crippen molar-refractivity contribution >= 4 is 5.91 Å². The summed E-state index contributed by atoms with van der Waals surface area (Å²) in [6.45, 7) is 3.93. The summed E-state index contributed by atoms with van der Waals surface area (Å²) < 4.78 is 18.7. The molecule has 0 radical (unpaired) electrons. The highest BCUT2D eigenvalue weighted by Gasteiger charge is 2.22. The summed E-state index contributed by atoms with van der Waals surface area (Å²) in [7, 11) is 0. The molecule has 0 atom stereocenters. The molecule has 5 nitrogen and oxygen atoms in total. The predicted octanol–water partition coefficient (Wildman–Crippen LogP) is 1.05. The highest BCUT2D eigenvalue weighted by molar-refractivity contribution is 5.97. The van der Waals surface area contributed by atoms with E-state index in [-0.39, 0.29) is 12.2 Å². The smallest absolute Gasteiger partial charge is 0.255 e. The maximum absolute atomic E-state index is 13.3. The molecule has 1 rings (SSSR count). The molecular formula is C14H21FN2O3. The van der Waals surface area contributed by atoms with Crippen LogP contribution in [0.1, 0.15) is 30.6 Å². The van der Waals surface area contributed by atoms with Crippen LogP contribution in [-0.4, -0.2) is 36.3 Å². The van der Waals surface area contributed by atoms with Gasteiger partial charge < -0.3 is 20.9 Å². The van der Waals surface area contributed by atoms with E-state index < -0.39 is 17.3 Å². The van der Waals surface area contributed by atoms with Gasteiger partial charge in [0.25, 0.3) is 5.91 Å². The first-order valence-corrected chi connectivity index (χ1v) is 6.45. The van der Waals surface area contributed by atoms with Crippen molar-refractivity contribution < 1.29 is 19.0 Å². The minimum absolute atomic E-state index is 0.101. The highest BCUT2D eigenvalue weighted by Crippen LogP contribution is 2.20. The van der Waals surface area contributed by atoms with Gasteiger partial charge in [-0.2, -0.15) is 0 Å². The predicted molar refractivity (Wildman–Crippen MR) is 74.2 cm³/mol. The molecule has 0 saturated heterocycles. The number of amides is 1. The lowest BCUT2D eigenvalue weighted by Gasteiger charge is -2.24. The van der Waals surface area contributed by atoms with Crippen molar-refractivity contribution in [2.24, 2.45) is 5.73 Å². The summed E-state index contributed by atoms with van der Waals surface area (Å²) in [5, 5.41) is 11.8. The fourth-order valence-electron chi connectivity index (χ4n) is 1.49. The van der Waals surface area contributed by atoms with Gasteiger partial charge in [0, 0.05) is 0 Å². The van der Waals surface area contributed by atoms with Gasteiger partial charge in [0.1, 0.15) is 11.6 Å². The van der Waals surface area contributed by atoms with Crippen molar-refractivity contribution in [2.45, 2.75) is 25.8 Å². The standard InChI is InChI=1S/C14H21FN2O3/c1-14(2,9-18)17-13(19)11-8-10(15)4-5-12(11)20-7-3-6-16/h4-5,8,18H,3,6-7,9,16H2,1-2H3,(H,17,19). The molecule has 0 spiro atoms. The molecule has 0 aliphatic carbocycles. The molecule has 1 amide bonds. The van der Waals surface area contributed by atoms with Crippen molar-refractivity contribution in [1.29, 1.82) is 0 Å². The molecule has 6 heteroatoms. The Hall–Kier alpha value is -1.66. The number of halogens is 1. The van der Waals surface area contributed by atoms with Gasteiger partial charge in [0.15, 0.2) is 0 Å². The summed E-state index contributed by atoms with van der Waals surface area (Å²) in [5.74, 6) is -0.722. The summed E-state index contributed by atoms with van der Waals surface area (Å²) in [5.41, 5.74) is 4.68. The number of carbonyl (C=O) groups excluding carboxylic acids is 1. The number of benzene rings is 1. The number of aliphatic hydroxyl groups is 1. The summed E-state index contributed by atoms with van der Waals surface area (Å²) in [4.78, 5) is 12.1. The average molecular weight is 284 g/mol. The molecule has 0 unspecified atom stereocenters. The second kappa shape index (κ2) is 7.21. The summed E-state index contributed by atoms with van der Waals surface area (Å²) in [6.07, 6.45) is 0.639. The van der Waals surface area contributed by atoms with Crippen LogP contribution in [0.25, 0.3) is 0 Å². The van der Waals surface area contributed by atoms with Crippen molar-refractivity contribution in [3.05, 3.63) is 29.6 Å². The SMILES string of the molecule is CC(C)(CO)NC(=O)c1cc(F)ccc1OCCCN. The zero-order valence-corrected chi connectivity index (χ0v) is 11.8. The third-order valence-electron chi connectivity index (χ3n) is 2.64. The molecule has 4 N–H and O–H groups in total. The molecular weight excluding hydrogens is 263 g/mol. The van der Waals surface area contributed by atoms with Crippen molar-refractivity contribution in [1.82, 2.24) is 5.32 Å². The number of aliphatic hydroxyl groups excluding tert-OH is 1. The van der Waals surface area contributed by atoms with Crippen LogP contribution >= 0.6 is 0 Å². The van der Waals surface area contributed by atoms with E-state index in [0.717, 1.165) is 6.07 Å². The second-order valence-electron chi connectivity index (χ2n) is 5.13. The van der Waals surface area contributed by atoms with Crippen LogP contribution in [0.5, 0.6) is 5.75 Å². The molecule has 0 bridgehead atoms. The fourth-order valence-corrected chi connectivity index (χ4v) is 1.49. The topological polar surface area (TPSA) is 84.6 Å². The van der Waals surface area contributed by atoms with Gasteiger partial charge in [-0.1, -0.05) is 0 Å². The Labute approximate surface area is 117 Å². The van der Waals surface area contributed by atoms with Gasteiger partial charge in [-0.3, -0.25) is 4.79 Å². The van der Waals surface area contributed by atoms with Crippen LogP contribution in [0.2, 0.25) is 0 Å². The van der Waals surface area contributed by atoms with Gasteiger partial charge in [-0.15, -0.1) is 0 Å². The van der Waals surface area contributed by atoms with Crippen molar-refractivity contribution in [3.8, 4) is 5.75 Å². The number of nitrogens with one attached hydrogen (secondary N) is 1. The van der Waals surface area contributed by atoms with Crippen LogP contribution in [0, 0.1) is 5.82 Å². The van der Waals surface area contributed by atoms with Crippen LogP contribution in [-0.2, 0) is 0 Å². The van der Waals surface area contributed by atoms with Gasteiger partial charge in [-0.05, 0) is 45.0 Å². The first kappa shape index (κ1) is 16.4. The molecule has 20 heavy (non-hydrogen) atoms. The minimum atomic E-state index is -0.794. The third kappa shape index (κ3) is 4.79. The number of hydrogen-bond donors (Lipinski definition) is 3. The Kier molecular flexibility index (Phi) is 5.91. The first-order valence-electron chi connectivity index (χ1n) is 6.45. The van der Waals surface area contributed by atoms with E-state index in [2.05, 4.69) is 5.32 Å². The molecule has 0 aromatic heterocycles. The number of nitrogens with two attached hydrogens (primary N) is 1. The normalized spacial score (nSPS) is 11.2. The Bertz CT molecular complexity index is 464. The number of carbonyl (C=O) groups is 1. The number of hydrogen-bond acceptors (Lipinski definition) is 4. The van der Waals surface area contributed by atoms with Crippen LogP contribution in [0.3, 0.4) is 0 Å². The monoisotopic (exact) mass is 284 g/mol. The van der Waals surface area contributed by atoms with Crippen molar-refractivity contribution in [3.63, 3.8) is 0 Å². The van der Waals surface area contributed by atoms with E-state index in [1.54, 1.807) is 13.8 Å². The van der Waals surface area contributed by atoms with E-state index >= 15 is 0 Å². The second-order valence-corrected chi connectivity index (χ2v) is 5.13. The Morgan fingerprint density at radius 1 is 1.50 bits per heavy atom. The lowest BCUT2D eigenvalue weighted by Crippen LogP contribution is -2.46. The summed E-state index contributed by atoms with van der Waals surface area (Å²) in [6, 6.07) is 3.75. The molecule has 0 aliphatic heterocycles. The van der Waals surface area contributed by atoms with Gasteiger partial charge in [0.05, 0.1) is 24.3 Å². The van der Waals surface area contributed by atoms with E-state index in [1.165, 1.54) is 12.1 Å². The number of ether oxygens (including phenoxy) is 1. The molecule has 0 fully saturated rings. The number of rotatable bonds is 7. The Balaban J connectivity index is 2.90. The van der Waals surface area contributed by atoms with Crippen LogP contribution in [0.15, 0.2) is 18.2 Å². The van der Waals surface area contributed by atoms with Gasteiger partial charge in [-0.25, -0.2) is 4.39 Å². The molecule has 1 aromatic rings.